The number of halogens is 1. The monoisotopic (exact) mass is 418 g/mol. The van der Waals surface area contributed by atoms with Crippen molar-refractivity contribution in [3.05, 3.63) is 58.6 Å². The van der Waals surface area contributed by atoms with Crippen molar-refractivity contribution in [2.75, 3.05) is 39.9 Å². The Kier molecular flexibility index (Phi) is 6.95. The summed E-state index contributed by atoms with van der Waals surface area (Å²) < 4.78 is 10.5. The van der Waals surface area contributed by atoms with Crippen LogP contribution in [-0.2, 0) is 11.3 Å². The Morgan fingerprint density at radius 1 is 1.07 bits per heavy atom. The average molecular weight is 419 g/mol. The third-order valence-corrected chi connectivity index (χ3v) is 5.06. The highest BCUT2D eigenvalue weighted by molar-refractivity contribution is 6.30. The average Bonchev–Trinajstić information content (AvgIpc) is 2.74. The number of carbonyl (C=O) groups excluding carboxylic acids is 1. The van der Waals surface area contributed by atoms with Crippen LogP contribution in [0.2, 0.25) is 5.02 Å². The molecule has 2 aromatic carbocycles. The van der Waals surface area contributed by atoms with Gasteiger partial charge >= 0.3 is 5.97 Å². The molecule has 1 fully saturated rings. The van der Waals surface area contributed by atoms with Crippen molar-refractivity contribution in [1.82, 2.24) is 9.80 Å². The van der Waals surface area contributed by atoms with Gasteiger partial charge in [0.1, 0.15) is 17.1 Å². The maximum atomic E-state index is 12.5. The van der Waals surface area contributed by atoms with E-state index in [1.54, 1.807) is 11.0 Å². The smallest absolute Gasteiger partial charge is 0.339 e. The Morgan fingerprint density at radius 3 is 2.38 bits per heavy atom. The van der Waals surface area contributed by atoms with Gasteiger partial charge in [0.05, 0.1) is 7.11 Å². The van der Waals surface area contributed by atoms with E-state index in [-0.39, 0.29) is 23.8 Å². The fourth-order valence-corrected chi connectivity index (χ4v) is 3.29. The van der Waals surface area contributed by atoms with E-state index in [9.17, 15) is 14.7 Å². The lowest BCUT2D eigenvalue weighted by molar-refractivity contribution is -0.135. The number of carboxylic acid groups (broad SMARTS) is 1. The van der Waals surface area contributed by atoms with Gasteiger partial charge < -0.3 is 19.5 Å². The minimum absolute atomic E-state index is 0.0371. The van der Waals surface area contributed by atoms with Crippen molar-refractivity contribution in [1.29, 1.82) is 0 Å². The molecule has 3 rings (SSSR count). The van der Waals surface area contributed by atoms with E-state index in [1.807, 2.05) is 24.3 Å². The highest BCUT2D eigenvalue weighted by Gasteiger charge is 2.22. The SMILES string of the molecule is COc1ccc(OCC(=O)N2CCN(Cc3ccc(Cl)cc3)CC2)c(C(=O)O)c1. The molecule has 154 valence electrons. The summed E-state index contributed by atoms with van der Waals surface area (Å²) in [6.07, 6.45) is 0. The second kappa shape index (κ2) is 9.62. The van der Waals surface area contributed by atoms with Crippen molar-refractivity contribution >= 4 is 23.5 Å². The summed E-state index contributed by atoms with van der Waals surface area (Å²) in [4.78, 5) is 27.9. The number of ether oxygens (including phenoxy) is 2. The fraction of sp³-hybridized carbons (Fsp3) is 0.333. The Bertz CT molecular complexity index is 864. The van der Waals surface area contributed by atoms with Gasteiger partial charge in [0.15, 0.2) is 6.61 Å². The third-order valence-electron chi connectivity index (χ3n) is 4.81. The molecule has 8 heteroatoms. The molecular formula is C21H23ClN2O5. The molecule has 29 heavy (non-hydrogen) atoms. The summed E-state index contributed by atoms with van der Waals surface area (Å²) in [5.74, 6) is -0.739. The number of nitrogens with zero attached hydrogens (tertiary/aromatic N) is 2. The largest absolute Gasteiger partial charge is 0.497 e. The van der Waals surface area contributed by atoms with E-state index in [0.717, 1.165) is 19.6 Å². The minimum Gasteiger partial charge on any atom is -0.497 e. The zero-order valence-electron chi connectivity index (χ0n) is 16.1. The molecule has 0 spiro atoms. The van der Waals surface area contributed by atoms with Crippen molar-refractivity contribution in [3.8, 4) is 11.5 Å². The van der Waals surface area contributed by atoms with Gasteiger partial charge in [0.25, 0.3) is 5.91 Å². The number of hydrogen-bond donors (Lipinski definition) is 1. The first-order chi connectivity index (χ1) is 14.0. The number of carbonyl (C=O) groups is 2. The molecule has 0 unspecified atom stereocenters. The van der Waals surface area contributed by atoms with E-state index in [2.05, 4.69) is 4.90 Å². The predicted molar refractivity (Wildman–Crippen MR) is 109 cm³/mol. The quantitative estimate of drug-likeness (QED) is 0.744. The maximum absolute atomic E-state index is 12.5. The molecule has 0 saturated carbocycles. The van der Waals surface area contributed by atoms with Crippen molar-refractivity contribution in [2.45, 2.75) is 6.54 Å². The second-order valence-corrected chi connectivity index (χ2v) is 7.18. The Morgan fingerprint density at radius 2 is 1.76 bits per heavy atom. The molecule has 1 aliphatic heterocycles. The first-order valence-corrected chi connectivity index (χ1v) is 9.63. The van der Waals surface area contributed by atoms with Gasteiger partial charge in [-0.05, 0) is 35.9 Å². The Balaban J connectivity index is 1.50. The number of benzene rings is 2. The lowest BCUT2D eigenvalue weighted by Gasteiger charge is -2.34. The van der Waals surface area contributed by atoms with Crippen molar-refractivity contribution < 1.29 is 24.2 Å². The fourth-order valence-electron chi connectivity index (χ4n) is 3.16. The van der Waals surface area contributed by atoms with Crippen molar-refractivity contribution in [3.63, 3.8) is 0 Å². The molecule has 1 heterocycles. The Hall–Kier alpha value is -2.77. The van der Waals surface area contributed by atoms with E-state index >= 15 is 0 Å². The van der Waals surface area contributed by atoms with Gasteiger partial charge in [0.2, 0.25) is 0 Å². The summed E-state index contributed by atoms with van der Waals surface area (Å²) in [6, 6.07) is 12.2. The molecule has 0 aliphatic carbocycles. The third kappa shape index (κ3) is 5.62. The minimum atomic E-state index is -1.14. The molecule has 0 atom stereocenters. The number of amides is 1. The zero-order valence-corrected chi connectivity index (χ0v) is 16.9. The van der Waals surface area contributed by atoms with Crippen LogP contribution in [0.5, 0.6) is 11.5 Å². The van der Waals surface area contributed by atoms with Gasteiger partial charge in [-0.25, -0.2) is 4.79 Å². The number of methoxy groups -OCH3 is 1. The maximum Gasteiger partial charge on any atom is 0.339 e. The van der Waals surface area contributed by atoms with Gasteiger partial charge in [-0.15, -0.1) is 0 Å². The van der Waals surface area contributed by atoms with E-state index in [0.29, 0.717) is 23.9 Å². The first-order valence-electron chi connectivity index (χ1n) is 9.25. The molecule has 1 N–H and O–H groups in total. The highest BCUT2D eigenvalue weighted by Crippen LogP contribution is 2.24. The van der Waals surface area contributed by atoms with Crippen LogP contribution < -0.4 is 9.47 Å². The molecule has 1 saturated heterocycles. The topological polar surface area (TPSA) is 79.3 Å². The van der Waals surface area contributed by atoms with Crippen LogP contribution in [0.25, 0.3) is 0 Å². The number of hydrogen-bond acceptors (Lipinski definition) is 5. The number of aromatic carboxylic acids is 1. The first kappa shape index (κ1) is 21.0. The summed E-state index contributed by atoms with van der Waals surface area (Å²) >= 11 is 5.92. The summed E-state index contributed by atoms with van der Waals surface area (Å²) in [5.41, 5.74) is 1.14. The van der Waals surface area contributed by atoms with Crippen LogP contribution in [0.15, 0.2) is 42.5 Å². The highest BCUT2D eigenvalue weighted by atomic mass is 35.5. The van der Waals surface area contributed by atoms with Crippen LogP contribution in [0.1, 0.15) is 15.9 Å². The van der Waals surface area contributed by atoms with Gasteiger partial charge in [-0.1, -0.05) is 23.7 Å². The van der Waals surface area contributed by atoms with Crippen LogP contribution in [0.4, 0.5) is 0 Å². The van der Waals surface area contributed by atoms with E-state index < -0.39 is 5.97 Å². The number of piperazine rings is 1. The lowest BCUT2D eigenvalue weighted by Crippen LogP contribution is -2.49. The number of carboxylic acids is 1. The van der Waals surface area contributed by atoms with Crippen LogP contribution in [-0.4, -0.2) is 66.7 Å². The second-order valence-electron chi connectivity index (χ2n) is 6.74. The number of rotatable bonds is 7. The molecule has 0 radical (unpaired) electrons. The lowest BCUT2D eigenvalue weighted by atomic mass is 10.2. The van der Waals surface area contributed by atoms with Crippen LogP contribution in [0, 0.1) is 0 Å². The molecule has 1 aliphatic rings. The normalized spacial score (nSPS) is 14.5. The molecule has 7 nitrogen and oxygen atoms in total. The molecule has 0 aromatic heterocycles. The van der Waals surface area contributed by atoms with Crippen LogP contribution >= 0.6 is 11.6 Å². The predicted octanol–water partition coefficient (Wildman–Crippen LogP) is 2.77. The molecule has 2 aromatic rings. The summed E-state index contributed by atoms with van der Waals surface area (Å²) in [5, 5.41) is 10.0. The molecule has 1 amide bonds. The van der Waals surface area contributed by atoms with Crippen LogP contribution in [0.3, 0.4) is 0 Å². The summed E-state index contributed by atoms with van der Waals surface area (Å²) in [7, 11) is 1.46. The molecule has 0 bridgehead atoms. The Labute approximate surface area is 174 Å². The van der Waals surface area contributed by atoms with Crippen molar-refractivity contribution in [2.24, 2.45) is 0 Å². The zero-order chi connectivity index (χ0) is 20.8. The van der Waals surface area contributed by atoms with Gasteiger partial charge in [-0.2, -0.15) is 0 Å². The van der Waals surface area contributed by atoms with E-state index in [4.69, 9.17) is 21.1 Å². The van der Waals surface area contributed by atoms with E-state index in [1.165, 1.54) is 24.8 Å². The summed E-state index contributed by atoms with van der Waals surface area (Å²) in [6.45, 7) is 3.33. The standard InChI is InChI=1S/C21H23ClN2O5/c1-28-17-6-7-19(18(12-17)21(26)27)29-14-20(25)24-10-8-23(9-11-24)13-15-2-4-16(22)5-3-15/h2-7,12H,8-11,13-14H2,1H3,(H,26,27). The van der Waals surface area contributed by atoms with Gasteiger partial charge in [0, 0.05) is 37.7 Å². The van der Waals surface area contributed by atoms with Gasteiger partial charge in [-0.3, -0.25) is 9.69 Å². The molecular weight excluding hydrogens is 396 g/mol.